The third-order valence-corrected chi connectivity index (χ3v) is 2.72. The number of alkyl halides is 3. The zero-order valence-electron chi connectivity index (χ0n) is 11.3. The van der Waals surface area contributed by atoms with Crippen LogP contribution in [-0.4, -0.2) is 24.7 Å². The number of nitrogens with one attached hydrogen (secondary N) is 1. The molecule has 7 heteroatoms. The second kappa shape index (κ2) is 6.13. The van der Waals surface area contributed by atoms with Crippen LogP contribution in [-0.2, 0) is 10.9 Å². The molecular formula is C13H16F3NO3. The largest absolute Gasteiger partial charge is 0.465 e. The molecule has 112 valence electrons. The zero-order valence-corrected chi connectivity index (χ0v) is 11.3. The van der Waals surface area contributed by atoms with Crippen LogP contribution in [0.3, 0.4) is 0 Å². The van der Waals surface area contributed by atoms with Crippen molar-refractivity contribution in [3.63, 3.8) is 0 Å². The molecule has 0 amide bonds. The topological polar surface area (TPSA) is 58.6 Å². The molecule has 1 aromatic carbocycles. The minimum absolute atomic E-state index is 0.0241. The highest BCUT2D eigenvalue weighted by atomic mass is 19.4. The molecule has 0 saturated heterocycles. The summed E-state index contributed by atoms with van der Waals surface area (Å²) in [6, 6.07) is 1.83. The first kappa shape index (κ1) is 16.3. The number of aliphatic hydroxyl groups excluding tert-OH is 1. The normalized spacial score (nSPS) is 12.9. The first-order chi connectivity index (χ1) is 9.22. The van der Waals surface area contributed by atoms with Crippen molar-refractivity contribution in [2.24, 2.45) is 0 Å². The van der Waals surface area contributed by atoms with E-state index in [0.29, 0.717) is 6.54 Å². The number of benzene rings is 1. The van der Waals surface area contributed by atoms with Crippen molar-refractivity contribution in [2.75, 3.05) is 19.0 Å². The lowest BCUT2D eigenvalue weighted by atomic mass is 9.97. The lowest BCUT2D eigenvalue weighted by molar-refractivity contribution is -0.139. The van der Waals surface area contributed by atoms with Crippen LogP contribution in [0.2, 0.25) is 0 Å². The molecule has 0 bridgehead atoms. The average molecular weight is 291 g/mol. The number of hydrogen-bond donors (Lipinski definition) is 2. The summed E-state index contributed by atoms with van der Waals surface area (Å²) in [6.45, 7) is 3.24. The number of carbonyl (C=O) groups excluding carboxylic acids is 1. The summed E-state index contributed by atoms with van der Waals surface area (Å²) in [7, 11) is 1.14. The Labute approximate surface area is 114 Å². The van der Waals surface area contributed by atoms with Crippen LogP contribution in [0.5, 0.6) is 0 Å². The Bertz CT molecular complexity index is 498. The minimum Gasteiger partial charge on any atom is -0.465 e. The van der Waals surface area contributed by atoms with Crippen molar-refractivity contribution < 1.29 is 27.8 Å². The molecule has 0 aliphatic carbocycles. The molecule has 20 heavy (non-hydrogen) atoms. The molecule has 4 nitrogen and oxygen atoms in total. The summed E-state index contributed by atoms with van der Waals surface area (Å²) < 4.78 is 43.5. The molecule has 0 aromatic heterocycles. The van der Waals surface area contributed by atoms with E-state index in [1.807, 2.05) is 0 Å². The fourth-order valence-electron chi connectivity index (χ4n) is 1.82. The predicted octanol–water partition coefficient (Wildman–Crippen LogP) is 2.98. The van der Waals surface area contributed by atoms with E-state index in [4.69, 9.17) is 0 Å². The molecule has 2 N–H and O–H groups in total. The fraction of sp³-hybridized carbons (Fsp3) is 0.462. The van der Waals surface area contributed by atoms with Gasteiger partial charge in [0.05, 0.1) is 24.3 Å². The number of halogens is 3. The molecule has 0 spiro atoms. The van der Waals surface area contributed by atoms with Crippen molar-refractivity contribution in [3.8, 4) is 0 Å². The third kappa shape index (κ3) is 3.41. The minimum atomic E-state index is -4.62. The Kier molecular flexibility index (Phi) is 4.99. The quantitative estimate of drug-likeness (QED) is 0.837. The van der Waals surface area contributed by atoms with E-state index < -0.39 is 23.8 Å². The maximum absolute atomic E-state index is 13.0. The molecule has 0 radical (unpaired) electrons. The van der Waals surface area contributed by atoms with Gasteiger partial charge < -0.3 is 15.2 Å². The summed E-state index contributed by atoms with van der Waals surface area (Å²) in [6.07, 6.45) is -5.98. The fourth-order valence-corrected chi connectivity index (χ4v) is 1.82. The van der Waals surface area contributed by atoms with E-state index >= 15 is 0 Å². The summed E-state index contributed by atoms with van der Waals surface area (Å²) in [5.41, 5.74) is -1.36. The Hall–Kier alpha value is -1.76. The Morgan fingerprint density at radius 2 is 2.05 bits per heavy atom. The number of aliphatic hydroxyl groups is 1. The summed E-state index contributed by atoms with van der Waals surface area (Å²) in [5, 5.41) is 12.2. The number of carbonyl (C=O) groups is 1. The highest BCUT2D eigenvalue weighted by Gasteiger charge is 2.36. The van der Waals surface area contributed by atoms with E-state index in [-0.39, 0.29) is 16.8 Å². The molecular weight excluding hydrogens is 275 g/mol. The Morgan fingerprint density at radius 1 is 1.45 bits per heavy atom. The van der Waals surface area contributed by atoms with Crippen molar-refractivity contribution >= 4 is 11.7 Å². The second-order valence-electron chi connectivity index (χ2n) is 4.18. The van der Waals surface area contributed by atoms with Gasteiger partial charge in [-0.15, -0.1) is 0 Å². The number of anilines is 1. The zero-order chi connectivity index (χ0) is 15.5. The van der Waals surface area contributed by atoms with Crippen LogP contribution in [0.1, 0.15) is 41.4 Å². The van der Waals surface area contributed by atoms with Crippen LogP contribution in [0.15, 0.2) is 12.1 Å². The maximum atomic E-state index is 13.0. The van der Waals surface area contributed by atoms with Gasteiger partial charge in [-0.05, 0) is 31.5 Å². The molecule has 0 saturated carbocycles. The SMILES string of the molecule is CCNc1cc(C(F)(F)F)c(C(C)O)cc1C(=O)OC. The second-order valence-corrected chi connectivity index (χ2v) is 4.18. The van der Waals surface area contributed by atoms with Gasteiger partial charge in [0.25, 0.3) is 0 Å². The molecule has 1 aromatic rings. The van der Waals surface area contributed by atoms with Crippen LogP contribution >= 0.6 is 0 Å². The smallest absolute Gasteiger partial charge is 0.416 e. The molecule has 1 atom stereocenters. The average Bonchev–Trinajstić information content (AvgIpc) is 2.36. The van der Waals surface area contributed by atoms with Gasteiger partial charge in [0.2, 0.25) is 0 Å². The van der Waals surface area contributed by atoms with E-state index in [2.05, 4.69) is 10.1 Å². The highest BCUT2D eigenvalue weighted by molar-refractivity contribution is 5.96. The van der Waals surface area contributed by atoms with E-state index in [1.54, 1.807) is 6.92 Å². The number of esters is 1. The third-order valence-electron chi connectivity index (χ3n) is 2.72. The van der Waals surface area contributed by atoms with Crippen LogP contribution in [0, 0.1) is 0 Å². The van der Waals surface area contributed by atoms with Gasteiger partial charge in [-0.3, -0.25) is 0 Å². The van der Waals surface area contributed by atoms with Gasteiger partial charge in [0, 0.05) is 12.2 Å². The molecule has 0 aliphatic rings. The van der Waals surface area contributed by atoms with Gasteiger partial charge >= 0.3 is 12.1 Å². The highest BCUT2D eigenvalue weighted by Crippen LogP contribution is 2.38. The molecule has 0 fully saturated rings. The first-order valence-corrected chi connectivity index (χ1v) is 5.97. The molecule has 0 heterocycles. The van der Waals surface area contributed by atoms with Gasteiger partial charge in [0.15, 0.2) is 0 Å². The van der Waals surface area contributed by atoms with Gasteiger partial charge in [-0.1, -0.05) is 0 Å². The van der Waals surface area contributed by atoms with Gasteiger partial charge in [-0.25, -0.2) is 4.79 Å². The molecule has 1 unspecified atom stereocenters. The van der Waals surface area contributed by atoms with Crippen LogP contribution in [0.25, 0.3) is 0 Å². The predicted molar refractivity (Wildman–Crippen MR) is 67.6 cm³/mol. The first-order valence-electron chi connectivity index (χ1n) is 5.97. The van der Waals surface area contributed by atoms with E-state index in [1.165, 1.54) is 6.92 Å². The lowest BCUT2D eigenvalue weighted by Crippen LogP contribution is -2.16. The Morgan fingerprint density at radius 3 is 2.45 bits per heavy atom. The summed E-state index contributed by atoms with van der Waals surface area (Å²) >= 11 is 0. The number of methoxy groups -OCH3 is 1. The Balaban J connectivity index is 3.55. The van der Waals surface area contributed by atoms with E-state index in [9.17, 15) is 23.1 Å². The van der Waals surface area contributed by atoms with Crippen LogP contribution in [0.4, 0.5) is 18.9 Å². The maximum Gasteiger partial charge on any atom is 0.416 e. The number of hydrogen-bond acceptors (Lipinski definition) is 4. The standard InChI is InChI=1S/C13H16F3NO3/c1-4-17-11-6-10(13(14,15)16)8(7(2)18)5-9(11)12(19)20-3/h5-7,17-18H,4H2,1-3H3. The lowest BCUT2D eigenvalue weighted by Gasteiger charge is -2.19. The van der Waals surface area contributed by atoms with Crippen molar-refractivity contribution in [1.82, 2.24) is 0 Å². The molecule has 0 aliphatic heterocycles. The summed E-state index contributed by atoms with van der Waals surface area (Å²) in [4.78, 5) is 11.6. The van der Waals surface area contributed by atoms with Crippen molar-refractivity contribution in [2.45, 2.75) is 26.1 Å². The van der Waals surface area contributed by atoms with E-state index in [0.717, 1.165) is 19.2 Å². The van der Waals surface area contributed by atoms with Gasteiger partial charge in [-0.2, -0.15) is 13.2 Å². The molecule has 1 rings (SSSR count). The van der Waals surface area contributed by atoms with Crippen molar-refractivity contribution in [3.05, 3.63) is 28.8 Å². The van der Waals surface area contributed by atoms with Crippen LogP contribution < -0.4 is 5.32 Å². The number of ether oxygens (including phenoxy) is 1. The summed E-state index contributed by atoms with van der Waals surface area (Å²) in [5.74, 6) is -0.767. The number of rotatable bonds is 4. The van der Waals surface area contributed by atoms with Crippen molar-refractivity contribution in [1.29, 1.82) is 0 Å². The monoisotopic (exact) mass is 291 g/mol. The van der Waals surface area contributed by atoms with Gasteiger partial charge in [0.1, 0.15) is 0 Å².